The van der Waals surface area contributed by atoms with Crippen molar-refractivity contribution in [3.05, 3.63) is 35.9 Å². The van der Waals surface area contributed by atoms with Crippen LogP contribution in [0.4, 0.5) is 4.79 Å². The van der Waals surface area contributed by atoms with Crippen LogP contribution in [-0.2, 0) is 15.9 Å². The number of benzene rings is 1. The fourth-order valence-corrected chi connectivity index (χ4v) is 4.25. The molecule has 4 nitrogen and oxygen atoms in total. The van der Waals surface area contributed by atoms with Gasteiger partial charge in [0.05, 0.1) is 11.7 Å². The van der Waals surface area contributed by atoms with Crippen molar-refractivity contribution in [2.75, 3.05) is 13.1 Å². The predicted octanol–water partition coefficient (Wildman–Crippen LogP) is 4.81. The first kappa shape index (κ1) is 19.2. The van der Waals surface area contributed by atoms with Gasteiger partial charge in [-0.05, 0) is 52.0 Å². The second-order valence-corrected chi connectivity index (χ2v) is 8.87. The number of likely N-dealkylation sites (tertiary alicyclic amines) is 1. The molecule has 0 spiro atoms. The summed E-state index contributed by atoms with van der Waals surface area (Å²) in [5.74, 6) is 0.423. The molecule has 2 fully saturated rings. The van der Waals surface area contributed by atoms with E-state index in [0.717, 1.165) is 45.2 Å². The topological polar surface area (TPSA) is 38.8 Å². The molecule has 0 saturated carbocycles. The Labute approximate surface area is 157 Å². The second kappa shape index (κ2) is 7.59. The van der Waals surface area contributed by atoms with Crippen LogP contribution < -0.4 is 0 Å². The van der Waals surface area contributed by atoms with Gasteiger partial charge in [-0.3, -0.25) is 0 Å². The zero-order valence-corrected chi connectivity index (χ0v) is 16.7. The maximum absolute atomic E-state index is 12.4. The Kier molecular flexibility index (Phi) is 5.61. The number of ether oxygens (including phenoxy) is 2. The number of hydrogen-bond donors (Lipinski definition) is 0. The lowest BCUT2D eigenvalue weighted by atomic mass is 9.78. The molecule has 3 rings (SSSR count). The van der Waals surface area contributed by atoms with Gasteiger partial charge in [-0.25, -0.2) is 4.79 Å². The van der Waals surface area contributed by atoms with Crippen molar-refractivity contribution in [2.24, 2.45) is 5.92 Å². The molecule has 1 aromatic rings. The quantitative estimate of drug-likeness (QED) is 0.777. The third-order valence-corrected chi connectivity index (χ3v) is 5.70. The molecule has 2 aliphatic rings. The van der Waals surface area contributed by atoms with Crippen molar-refractivity contribution in [1.29, 1.82) is 0 Å². The number of carbonyl (C=O) groups excluding carboxylic acids is 1. The maximum atomic E-state index is 12.4. The second-order valence-electron chi connectivity index (χ2n) is 8.87. The Morgan fingerprint density at radius 1 is 1.27 bits per heavy atom. The number of hydrogen-bond acceptors (Lipinski definition) is 3. The SMILES string of the molecule is CC[C@]1(Cc2ccccc2)CC[C@H]2CN(C(=O)OC(C)(C)C)CC[C@H]2O1. The third kappa shape index (κ3) is 4.59. The summed E-state index contributed by atoms with van der Waals surface area (Å²) < 4.78 is 12.2. The first-order valence-corrected chi connectivity index (χ1v) is 10.00. The summed E-state index contributed by atoms with van der Waals surface area (Å²) in [6, 6.07) is 10.6. The van der Waals surface area contributed by atoms with Gasteiger partial charge in [0.2, 0.25) is 0 Å². The molecule has 0 aliphatic carbocycles. The average Bonchev–Trinajstić information content (AvgIpc) is 2.60. The van der Waals surface area contributed by atoms with E-state index in [-0.39, 0.29) is 17.8 Å². The van der Waals surface area contributed by atoms with Crippen molar-refractivity contribution in [1.82, 2.24) is 4.90 Å². The lowest BCUT2D eigenvalue weighted by Crippen LogP contribution is -2.54. The Balaban J connectivity index is 1.61. The Morgan fingerprint density at radius 2 is 2.00 bits per heavy atom. The summed E-state index contributed by atoms with van der Waals surface area (Å²) in [5, 5.41) is 0. The van der Waals surface area contributed by atoms with E-state index in [1.807, 2.05) is 25.7 Å². The molecule has 2 heterocycles. The van der Waals surface area contributed by atoms with Gasteiger partial charge in [0.15, 0.2) is 0 Å². The Hall–Kier alpha value is -1.55. The molecule has 144 valence electrons. The smallest absolute Gasteiger partial charge is 0.410 e. The molecule has 1 amide bonds. The summed E-state index contributed by atoms with van der Waals surface area (Å²) >= 11 is 0. The Morgan fingerprint density at radius 3 is 2.65 bits per heavy atom. The monoisotopic (exact) mass is 359 g/mol. The maximum Gasteiger partial charge on any atom is 0.410 e. The zero-order valence-electron chi connectivity index (χ0n) is 16.7. The number of carbonyl (C=O) groups is 1. The standard InChI is InChI=1S/C22H33NO3/c1-5-22(15-17-9-7-6-8-10-17)13-11-18-16-23(14-12-19(18)25-22)20(24)26-21(2,3)4/h6-10,18-19H,5,11-16H2,1-4H3/t18-,19+,22+/m0/s1. The normalized spacial score (nSPS) is 29.2. The molecule has 0 radical (unpaired) electrons. The number of piperidine rings is 1. The molecular weight excluding hydrogens is 326 g/mol. The molecule has 1 aromatic carbocycles. The molecule has 4 heteroatoms. The fraction of sp³-hybridized carbons (Fsp3) is 0.682. The highest BCUT2D eigenvalue weighted by molar-refractivity contribution is 5.68. The Bertz CT molecular complexity index is 610. The average molecular weight is 360 g/mol. The summed E-state index contributed by atoms with van der Waals surface area (Å²) in [6.45, 7) is 9.46. The van der Waals surface area contributed by atoms with Crippen LogP contribution in [-0.4, -0.2) is 41.4 Å². The van der Waals surface area contributed by atoms with Crippen molar-refractivity contribution < 1.29 is 14.3 Å². The van der Waals surface area contributed by atoms with Gasteiger partial charge >= 0.3 is 6.09 Å². The van der Waals surface area contributed by atoms with Crippen LogP contribution in [0.15, 0.2) is 30.3 Å². The van der Waals surface area contributed by atoms with Crippen LogP contribution in [0.25, 0.3) is 0 Å². The summed E-state index contributed by atoms with van der Waals surface area (Å²) in [6.07, 6.45) is 5.15. The molecular formula is C22H33NO3. The molecule has 0 unspecified atom stereocenters. The van der Waals surface area contributed by atoms with Gasteiger partial charge in [0.1, 0.15) is 5.60 Å². The van der Waals surface area contributed by atoms with Crippen molar-refractivity contribution in [3.8, 4) is 0 Å². The van der Waals surface area contributed by atoms with E-state index in [1.54, 1.807) is 0 Å². The van der Waals surface area contributed by atoms with Crippen molar-refractivity contribution in [3.63, 3.8) is 0 Å². The van der Waals surface area contributed by atoms with E-state index >= 15 is 0 Å². The minimum Gasteiger partial charge on any atom is -0.444 e. The first-order chi connectivity index (χ1) is 12.3. The van der Waals surface area contributed by atoms with Gasteiger partial charge in [-0.2, -0.15) is 0 Å². The number of fused-ring (bicyclic) bond motifs is 1. The van der Waals surface area contributed by atoms with Crippen LogP contribution >= 0.6 is 0 Å². The molecule has 26 heavy (non-hydrogen) atoms. The highest BCUT2D eigenvalue weighted by Gasteiger charge is 2.44. The van der Waals surface area contributed by atoms with Crippen molar-refractivity contribution in [2.45, 2.75) is 77.1 Å². The number of nitrogens with zero attached hydrogens (tertiary/aromatic N) is 1. The van der Waals surface area contributed by atoms with Crippen LogP contribution in [0.2, 0.25) is 0 Å². The van der Waals surface area contributed by atoms with Gasteiger partial charge in [0, 0.05) is 25.4 Å². The minimum absolute atomic E-state index is 0.0589. The number of amides is 1. The van der Waals surface area contributed by atoms with E-state index in [0.29, 0.717) is 5.92 Å². The lowest BCUT2D eigenvalue weighted by molar-refractivity contribution is -0.171. The van der Waals surface area contributed by atoms with Crippen LogP contribution in [0, 0.1) is 5.92 Å². The molecule has 0 bridgehead atoms. The highest BCUT2D eigenvalue weighted by Crippen LogP contribution is 2.40. The molecule has 0 N–H and O–H groups in total. The van der Waals surface area contributed by atoms with E-state index in [2.05, 4.69) is 37.3 Å². The molecule has 3 atom stereocenters. The summed E-state index contributed by atoms with van der Waals surface area (Å²) in [5.41, 5.74) is 0.847. The minimum atomic E-state index is -0.440. The summed E-state index contributed by atoms with van der Waals surface area (Å²) in [7, 11) is 0. The van der Waals surface area contributed by atoms with E-state index in [9.17, 15) is 4.79 Å². The predicted molar refractivity (Wildman–Crippen MR) is 103 cm³/mol. The molecule has 0 aromatic heterocycles. The van der Waals surface area contributed by atoms with E-state index in [4.69, 9.17) is 9.47 Å². The zero-order chi connectivity index (χ0) is 18.8. The third-order valence-electron chi connectivity index (χ3n) is 5.70. The number of rotatable bonds is 3. The molecule has 2 aliphatic heterocycles. The first-order valence-electron chi connectivity index (χ1n) is 10.00. The van der Waals surface area contributed by atoms with Gasteiger partial charge in [-0.15, -0.1) is 0 Å². The highest BCUT2D eigenvalue weighted by atomic mass is 16.6. The van der Waals surface area contributed by atoms with Crippen LogP contribution in [0.5, 0.6) is 0 Å². The van der Waals surface area contributed by atoms with E-state index in [1.165, 1.54) is 5.56 Å². The molecule has 2 saturated heterocycles. The van der Waals surface area contributed by atoms with E-state index < -0.39 is 5.60 Å². The largest absolute Gasteiger partial charge is 0.444 e. The van der Waals surface area contributed by atoms with Crippen LogP contribution in [0.1, 0.15) is 58.9 Å². The van der Waals surface area contributed by atoms with Gasteiger partial charge < -0.3 is 14.4 Å². The van der Waals surface area contributed by atoms with Crippen molar-refractivity contribution >= 4 is 6.09 Å². The van der Waals surface area contributed by atoms with Crippen LogP contribution in [0.3, 0.4) is 0 Å². The fourth-order valence-electron chi connectivity index (χ4n) is 4.25. The van der Waals surface area contributed by atoms with Gasteiger partial charge in [0.25, 0.3) is 0 Å². The van der Waals surface area contributed by atoms with Gasteiger partial charge in [-0.1, -0.05) is 37.3 Å². The lowest BCUT2D eigenvalue weighted by Gasteiger charge is -2.49. The summed E-state index contributed by atoms with van der Waals surface area (Å²) in [4.78, 5) is 14.2.